The minimum Gasteiger partial charge on any atom is -0.417 e. The van der Waals surface area contributed by atoms with Crippen molar-refractivity contribution in [2.45, 2.75) is 116 Å². The van der Waals surface area contributed by atoms with E-state index in [0.717, 1.165) is 6.61 Å². The standard InChI is InChI=1S/C21H44OSi/c1-5-7-9-11-13-14-15-16-18-20-22-23(3,4)21-19-17-12-10-8-6-2/h5H,1,6-21H2,2-4H3. The summed E-state index contributed by atoms with van der Waals surface area (Å²) in [7, 11) is -1.37. The van der Waals surface area contributed by atoms with Crippen LogP contribution in [0.5, 0.6) is 0 Å². The molecule has 0 saturated heterocycles. The Labute approximate surface area is 148 Å². The van der Waals surface area contributed by atoms with E-state index in [4.69, 9.17) is 4.43 Å². The number of rotatable bonds is 18. The number of hydrogen-bond acceptors (Lipinski definition) is 1. The lowest BCUT2D eigenvalue weighted by Crippen LogP contribution is -2.30. The van der Waals surface area contributed by atoms with Gasteiger partial charge in [-0.15, -0.1) is 6.58 Å². The average Bonchev–Trinajstić information content (AvgIpc) is 2.52. The molecule has 0 saturated carbocycles. The number of unbranched alkanes of at least 4 members (excludes halogenated alkanes) is 12. The van der Waals surface area contributed by atoms with E-state index in [1.54, 1.807) is 0 Å². The molecule has 23 heavy (non-hydrogen) atoms. The van der Waals surface area contributed by atoms with Crippen molar-refractivity contribution in [1.29, 1.82) is 0 Å². The van der Waals surface area contributed by atoms with Crippen molar-refractivity contribution in [2.24, 2.45) is 0 Å². The van der Waals surface area contributed by atoms with Crippen molar-refractivity contribution < 1.29 is 4.43 Å². The molecule has 0 aromatic heterocycles. The first kappa shape index (κ1) is 22.9. The molecule has 0 heterocycles. The molecule has 0 atom stereocenters. The molecule has 0 fully saturated rings. The molecular formula is C21H44OSi. The highest BCUT2D eigenvalue weighted by molar-refractivity contribution is 6.71. The second-order valence-corrected chi connectivity index (χ2v) is 12.0. The van der Waals surface area contributed by atoms with E-state index in [2.05, 4.69) is 26.6 Å². The first-order valence-corrected chi connectivity index (χ1v) is 13.5. The first-order chi connectivity index (χ1) is 11.1. The van der Waals surface area contributed by atoms with Gasteiger partial charge < -0.3 is 4.43 Å². The van der Waals surface area contributed by atoms with Gasteiger partial charge in [0.05, 0.1) is 0 Å². The molecule has 138 valence electrons. The van der Waals surface area contributed by atoms with E-state index in [-0.39, 0.29) is 0 Å². The minimum absolute atomic E-state index is 1.01. The van der Waals surface area contributed by atoms with Gasteiger partial charge in [0.25, 0.3) is 0 Å². The van der Waals surface area contributed by atoms with E-state index in [9.17, 15) is 0 Å². The Hall–Kier alpha value is -0.0831. The Kier molecular flexibility index (Phi) is 16.7. The van der Waals surface area contributed by atoms with Crippen LogP contribution in [-0.2, 0) is 4.43 Å². The summed E-state index contributed by atoms with van der Waals surface area (Å²) in [4.78, 5) is 0. The molecule has 0 aliphatic carbocycles. The van der Waals surface area contributed by atoms with Gasteiger partial charge in [0, 0.05) is 6.61 Å². The molecule has 0 radical (unpaired) electrons. The third kappa shape index (κ3) is 18.1. The van der Waals surface area contributed by atoms with Crippen LogP contribution in [-0.4, -0.2) is 14.9 Å². The van der Waals surface area contributed by atoms with Gasteiger partial charge in [0.15, 0.2) is 8.32 Å². The zero-order valence-corrected chi connectivity index (χ0v) is 17.5. The molecule has 0 aliphatic rings. The van der Waals surface area contributed by atoms with E-state index < -0.39 is 8.32 Å². The van der Waals surface area contributed by atoms with E-state index in [1.807, 2.05) is 6.08 Å². The molecule has 1 nitrogen and oxygen atoms in total. The van der Waals surface area contributed by atoms with Crippen molar-refractivity contribution >= 4 is 8.32 Å². The monoisotopic (exact) mass is 340 g/mol. The number of hydrogen-bond donors (Lipinski definition) is 0. The van der Waals surface area contributed by atoms with E-state index in [0.29, 0.717) is 0 Å². The summed E-state index contributed by atoms with van der Waals surface area (Å²) >= 11 is 0. The lowest BCUT2D eigenvalue weighted by Gasteiger charge is -2.22. The molecule has 0 unspecified atom stereocenters. The normalized spacial score (nSPS) is 11.8. The summed E-state index contributed by atoms with van der Waals surface area (Å²) in [6, 6.07) is 1.35. The molecule has 0 rings (SSSR count). The van der Waals surface area contributed by atoms with E-state index >= 15 is 0 Å². The fraction of sp³-hybridized carbons (Fsp3) is 0.905. The van der Waals surface area contributed by atoms with Gasteiger partial charge in [-0.05, 0) is 38.4 Å². The third-order valence-electron chi connectivity index (χ3n) is 4.68. The van der Waals surface area contributed by atoms with Gasteiger partial charge in [-0.2, -0.15) is 0 Å². The zero-order valence-electron chi connectivity index (χ0n) is 16.5. The van der Waals surface area contributed by atoms with Crippen LogP contribution in [0.2, 0.25) is 19.1 Å². The Morgan fingerprint density at radius 2 is 1.26 bits per heavy atom. The van der Waals surface area contributed by atoms with Gasteiger partial charge >= 0.3 is 0 Å². The van der Waals surface area contributed by atoms with Crippen molar-refractivity contribution in [1.82, 2.24) is 0 Å². The molecule has 0 aromatic carbocycles. The van der Waals surface area contributed by atoms with Crippen LogP contribution in [0.3, 0.4) is 0 Å². The Morgan fingerprint density at radius 1 is 0.739 bits per heavy atom. The summed E-state index contributed by atoms with van der Waals surface area (Å²) in [6.45, 7) is 11.9. The lowest BCUT2D eigenvalue weighted by atomic mass is 10.1. The maximum absolute atomic E-state index is 6.24. The number of allylic oxidation sites excluding steroid dienone is 1. The first-order valence-electron chi connectivity index (χ1n) is 10.4. The Morgan fingerprint density at radius 3 is 1.87 bits per heavy atom. The van der Waals surface area contributed by atoms with Gasteiger partial charge in [-0.25, -0.2) is 0 Å². The highest BCUT2D eigenvalue weighted by Crippen LogP contribution is 2.18. The van der Waals surface area contributed by atoms with Crippen molar-refractivity contribution in [3.8, 4) is 0 Å². The third-order valence-corrected chi connectivity index (χ3v) is 7.22. The van der Waals surface area contributed by atoms with Crippen molar-refractivity contribution in [3.63, 3.8) is 0 Å². The average molecular weight is 341 g/mol. The van der Waals surface area contributed by atoms with Crippen molar-refractivity contribution in [3.05, 3.63) is 12.7 Å². The Balaban J connectivity index is 3.32. The summed E-state index contributed by atoms with van der Waals surface area (Å²) in [5.41, 5.74) is 0. The summed E-state index contributed by atoms with van der Waals surface area (Å²) in [5.74, 6) is 0. The van der Waals surface area contributed by atoms with Crippen LogP contribution < -0.4 is 0 Å². The van der Waals surface area contributed by atoms with Crippen LogP contribution in [0, 0.1) is 0 Å². The quantitative estimate of drug-likeness (QED) is 0.140. The molecule has 0 amide bonds. The smallest absolute Gasteiger partial charge is 0.186 e. The fourth-order valence-corrected chi connectivity index (χ4v) is 4.97. The SMILES string of the molecule is C=CCCCCCCCCCO[Si](C)(C)CCCCCCCC. The predicted molar refractivity (Wildman–Crippen MR) is 109 cm³/mol. The largest absolute Gasteiger partial charge is 0.417 e. The molecule has 0 aromatic rings. The maximum Gasteiger partial charge on any atom is 0.186 e. The molecule has 0 N–H and O–H groups in total. The van der Waals surface area contributed by atoms with Crippen LogP contribution in [0.1, 0.15) is 96.8 Å². The lowest BCUT2D eigenvalue weighted by molar-refractivity contribution is 0.293. The van der Waals surface area contributed by atoms with Gasteiger partial charge in [0.2, 0.25) is 0 Å². The van der Waals surface area contributed by atoms with Gasteiger partial charge in [0.1, 0.15) is 0 Å². The summed E-state index contributed by atoms with van der Waals surface area (Å²) in [5, 5.41) is 0. The summed E-state index contributed by atoms with van der Waals surface area (Å²) < 4.78 is 6.24. The van der Waals surface area contributed by atoms with Gasteiger partial charge in [-0.3, -0.25) is 0 Å². The van der Waals surface area contributed by atoms with Gasteiger partial charge in [-0.1, -0.05) is 83.6 Å². The maximum atomic E-state index is 6.24. The van der Waals surface area contributed by atoms with Crippen LogP contribution in [0.25, 0.3) is 0 Å². The second kappa shape index (κ2) is 16.8. The molecule has 0 bridgehead atoms. The predicted octanol–water partition coefficient (Wildman–Crippen LogP) is 7.88. The van der Waals surface area contributed by atoms with Crippen LogP contribution >= 0.6 is 0 Å². The van der Waals surface area contributed by atoms with Crippen LogP contribution in [0.15, 0.2) is 12.7 Å². The van der Waals surface area contributed by atoms with Crippen LogP contribution in [0.4, 0.5) is 0 Å². The fourth-order valence-electron chi connectivity index (χ4n) is 3.03. The molecular weight excluding hydrogens is 296 g/mol. The van der Waals surface area contributed by atoms with Crippen molar-refractivity contribution in [2.75, 3.05) is 6.61 Å². The summed E-state index contributed by atoms with van der Waals surface area (Å²) in [6.07, 6.45) is 21.1. The highest BCUT2D eigenvalue weighted by Gasteiger charge is 2.21. The molecule has 0 spiro atoms. The van der Waals surface area contributed by atoms with E-state index in [1.165, 1.54) is 95.9 Å². The second-order valence-electron chi connectivity index (χ2n) is 7.68. The Bertz CT molecular complexity index is 250. The topological polar surface area (TPSA) is 9.23 Å². The molecule has 0 aliphatic heterocycles. The molecule has 2 heteroatoms. The highest BCUT2D eigenvalue weighted by atomic mass is 28.4. The minimum atomic E-state index is -1.37. The zero-order chi connectivity index (χ0) is 17.2.